The minimum atomic E-state index is -1.40. The number of hydrogen-bond donors (Lipinski definition) is 3. The van der Waals surface area contributed by atoms with Gasteiger partial charge in [0.15, 0.2) is 23.2 Å². The van der Waals surface area contributed by atoms with Gasteiger partial charge in [-0.15, -0.1) is 0 Å². The van der Waals surface area contributed by atoms with Crippen molar-refractivity contribution in [3.05, 3.63) is 120 Å². The Kier molecular flexibility index (Phi) is 8.50. The summed E-state index contributed by atoms with van der Waals surface area (Å²) in [7, 11) is 0. The molecule has 6 rings (SSSR count). The molecule has 220 valence electrons. The summed E-state index contributed by atoms with van der Waals surface area (Å²) in [6.45, 7) is -0.0639. The standard InChI is InChI=1S/C32H31N5O6/c38-18-32(19-41-16-22-10-4-1-5-11-22)27(42-17-23-12-6-2-7-13-23)26(39)31(43-32)37-21-35-25-28(33-20-34-29(25)37)36-30(40)24-14-8-3-9-15-24/h1-15,20-21,26-27,31,38-39H,16-19H2,(H,33,34,36,40)/t26-,27+,31-,32-/m1/s1. The summed E-state index contributed by atoms with van der Waals surface area (Å²) in [5, 5.41) is 25.1. The second-order valence-electron chi connectivity index (χ2n) is 10.3. The van der Waals surface area contributed by atoms with Gasteiger partial charge in [0.2, 0.25) is 0 Å². The lowest BCUT2D eigenvalue weighted by atomic mass is 9.96. The predicted molar refractivity (Wildman–Crippen MR) is 157 cm³/mol. The van der Waals surface area contributed by atoms with Crippen molar-refractivity contribution < 1.29 is 29.2 Å². The molecular formula is C32H31N5O6. The SMILES string of the molecule is O=C(Nc1ncnc2c1ncn2[C@@H]1O[C@](CO)(COCc2ccccc2)[C@@H](OCc2ccccc2)[C@H]1O)c1ccccc1. The molecule has 0 bridgehead atoms. The molecule has 3 heterocycles. The van der Waals surface area contributed by atoms with Crippen molar-refractivity contribution in [3.63, 3.8) is 0 Å². The Labute approximate surface area is 247 Å². The fourth-order valence-corrected chi connectivity index (χ4v) is 5.17. The second-order valence-corrected chi connectivity index (χ2v) is 10.3. The number of nitrogens with zero attached hydrogens (tertiary/aromatic N) is 4. The van der Waals surface area contributed by atoms with Crippen LogP contribution in [0.1, 0.15) is 27.7 Å². The van der Waals surface area contributed by atoms with Crippen LogP contribution in [0.2, 0.25) is 0 Å². The molecule has 3 aromatic carbocycles. The number of amides is 1. The van der Waals surface area contributed by atoms with E-state index in [1.165, 1.54) is 12.7 Å². The average molecular weight is 582 g/mol. The van der Waals surface area contributed by atoms with E-state index < -0.39 is 30.6 Å². The van der Waals surface area contributed by atoms with Crippen LogP contribution in [0.5, 0.6) is 0 Å². The fourth-order valence-electron chi connectivity index (χ4n) is 5.17. The highest BCUT2D eigenvalue weighted by atomic mass is 16.6. The number of aromatic nitrogens is 4. The fraction of sp³-hybridized carbons (Fsp3) is 0.250. The Morgan fingerprint density at radius 2 is 1.56 bits per heavy atom. The van der Waals surface area contributed by atoms with Gasteiger partial charge in [-0.2, -0.15) is 0 Å². The van der Waals surface area contributed by atoms with E-state index in [1.54, 1.807) is 28.8 Å². The van der Waals surface area contributed by atoms with E-state index in [9.17, 15) is 15.0 Å². The zero-order chi connectivity index (χ0) is 29.6. The first-order valence-corrected chi connectivity index (χ1v) is 13.9. The molecular weight excluding hydrogens is 550 g/mol. The molecule has 1 fully saturated rings. The molecule has 4 atom stereocenters. The topological polar surface area (TPSA) is 141 Å². The summed E-state index contributed by atoms with van der Waals surface area (Å²) in [6.07, 6.45) is -0.474. The third-order valence-corrected chi connectivity index (χ3v) is 7.38. The van der Waals surface area contributed by atoms with Gasteiger partial charge in [0, 0.05) is 5.56 Å². The number of carbonyl (C=O) groups excluding carboxylic acids is 1. The zero-order valence-electron chi connectivity index (χ0n) is 23.2. The smallest absolute Gasteiger partial charge is 0.256 e. The van der Waals surface area contributed by atoms with Crippen LogP contribution in [0.3, 0.4) is 0 Å². The monoisotopic (exact) mass is 581 g/mol. The number of hydrogen-bond acceptors (Lipinski definition) is 9. The van der Waals surface area contributed by atoms with Gasteiger partial charge in [0.25, 0.3) is 5.91 Å². The zero-order valence-corrected chi connectivity index (χ0v) is 23.2. The number of ether oxygens (including phenoxy) is 3. The lowest BCUT2D eigenvalue weighted by Crippen LogP contribution is -2.51. The van der Waals surface area contributed by atoms with Crippen molar-refractivity contribution in [2.24, 2.45) is 0 Å². The van der Waals surface area contributed by atoms with Crippen LogP contribution in [0.4, 0.5) is 5.82 Å². The van der Waals surface area contributed by atoms with Gasteiger partial charge in [0.05, 0.1) is 32.8 Å². The highest BCUT2D eigenvalue weighted by Gasteiger charge is 2.56. The van der Waals surface area contributed by atoms with Crippen LogP contribution in [-0.2, 0) is 27.4 Å². The number of fused-ring (bicyclic) bond motifs is 1. The molecule has 1 aliphatic heterocycles. The maximum atomic E-state index is 12.8. The molecule has 0 radical (unpaired) electrons. The maximum absolute atomic E-state index is 12.8. The molecule has 1 amide bonds. The minimum absolute atomic E-state index is 0.0502. The molecule has 11 nitrogen and oxygen atoms in total. The molecule has 0 aliphatic carbocycles. The van der Waals surface area contributed by atoms with Crippen LogP contribution in [-0.4, -0.2) is 66.7 Å². The van der Waals surface area contributed by atoms with E-state index in [1.807, 2.05) is 66.7 Å². The average Bonchev–Trinajstić information content (AvgIpc) is 3.60. The molecule has 1 saturated heterocycles. The first kappa shape index (κ1) is 28.6. The van der Waals surface area contributed by atoms with Crippen LogP contribution in [0.25, 0.3) is 11.2 Å². The van der Waals surface area contributed by atoms with Gasteiger partial charge < -0.3 is 29.7 Å². The summed E-state index contributed by atoms with van der Waals surface area (Å²) >= 11 is 0. The number of aliphatic hydroxyl groups is 2. The largest absolute Gasteiger partial charge is 0.393 e. The van der Waals surface area contributed by atoms with Crippen LogP contribution < -0.4 is 5.32 Å². The first-order chi connectivity index (χ1) is 21.1. The number of aliphatic hydroxyl groups excluding tert-OH is 2. The van der Waals surface area contributed by atoms with E-state index in [0.717, 1.165) is 11.1 Å². The van der Waals surface area contributed by atoms with E-state index in [4.69, 9.17) is 14.2 Å². The van der Waals surface area contributed by atoms with Gasteiger partial charge in [-0.1, -0.05) is 78.9 Å². The Balaban J connectivity index is 1.28. The molecule has 5 aromatic rings. The molecule has 0 unspecified atom stereocenters. The van der Waals surface area contributed by atoms with Crippen molar-refractivity contribution in [2.75, 3.05) is 18.5 Å². The Morgan fingerprint density at radius 1 is 0.907 bits per heavy atom. The number of carbonyl (C=O) groups is 1. The van der Waals surface area contributed by atoms with E-state index in [0.29, 0.717) is 16.7 Å². The van der Waals surface area contributed by atoms with Gasteiger partial charge in [-0.3, -0.25) is 9.36 Å². The number of nitrogens with one attached hydrogen (secondary N) is 1. The molecule has 0 saturated carbocycles. The Bertz CT molecular complexity index is 1650. The summed E-state index contributed by atoms with van der Waals surface area (Å²) < 4.78 is 20.2. The van der Waals surface area contributed by atoms with Crippen molar-refractivity contribution in [2.45, 2.75) is 37.3 Å². The van der Waals surface area contributed by atoms with Crippen LogP contribution >= 0.6 is 0 Å². The molecule has 1 aliphatic rings. The molecule has 3 N–H and O–H groups in total. The molecule has 11 heteroatoms. The number of rotatable bonds is 11. The quantitative estimate of drug-likeness (QED) is 0.214. The van der Waals surface area contributed by atoms with Gasteiger partial charge in [0.1, 0.15) is 24.1 Å². The third kappa shape index (κ3) is 6.03. The van der Waals surface area contributed by atoms with Crippen molar-refractivity contribution >= 4 is 22.9 Å². The summed E-state index contributed by atoms with van der Waals surface area (Å²) in [5.74, 6) is -0.141. The lowest BCUT2D eigenvalue weighted by Gasteiger charge is -2.32. The van der Waals surface area contributed by atoms with Gasteiger partial charge in [-0.25, -0.2) is 15.0 Å². The second kappa shape index (κ2) is 12.8. The molecule has 2 aromatic heterocycles. The number of benzene rings is 3. The minimum Gasteiger partial charge on any atom is -0.393 e. The van der Waals surface area contributed by atoms with E-state index in [-0.39, 0.29) is 31.5 Å². The van der Waals surface area contributed by atoms with Gasteiger partial charge in [-0.05, 0) is 23.3 Å². The molecule has 43 heavy (non-hydrogen) atoms. The van der Waals surface area contributed by atoms with Crippen LogP contribution in [0.15, 0.2) is 104 Å². The lowest BCUT2D eigenvalue weighted by molar-refractivity contribution is -0.174. The number of anilines is 1. The van der Waals surface area contributed by atoms with Crippen LogP contribution in [0, 0.1) is 0 Å². The van der Waals surface area contributed by atoms with E-state index in [2.05, 4.69) is 20.3 Å². The maximum Gasteiger partial charge on any atom is 0.256 e. The Hall–Kier alpha value is -4.52. The molecule has 0 spiro atoms. The predicted octanol–water partition coefficient (Wildman–Crippen LogP) is 3.50. The highest BCUT2D eigenvalue weighted by molar-refractivity contribution is 6.06. The summed E-state index contributed by atoms with van der Waals surface area (Å²) in [5.41, 5.74) is 1.55. The summed E-state index contributed by atoms with van der Waals surface area (Å²) in [4.78, 5) is 25.8. The summed E-state index contributed by atoms with van der Waals surface area (Å²) in [6, 6.07) is 27.9. The van der Waals surface area contributed by atoms with Crippen molar-refractivity contribution in [3.8, 4) is 0 Å². The van der Waals surface area contributed by atoms with Gasteiger partial charge >= 0.3 is 0 Å². The van der Waals surface area contributed by atoms with Crippen molar-refractivity contribution in [1.29, 1.82) is 0 Å². The van der Waals surface area contributed by atoms with E-state index >= 15 is 0 Å². The van der Waals surface area contributed by atoms with Crippen molar-refractivity contribution in [1.82, 2.24) is 19.5 Å². The Morgan fingerprint density at radius 3 is 2.23 bits per heavy atom. The number of imidazole rings is 1. The first-order valence-electron chi connectivity index (χ1n) is 13.9. The highest BCUT2D eigenvalue weighted by Crippen LogP contribution is 2.41. The normalized spacial score (nSPS) is 21.7. The third-order valence-electron chi connectivity index (χ3n) is 7.38.